The molecule has 0 spiro atoms. The number of ether oxygens (including phenoxy) is 1. The van der Waals surface area contributed by atoms with Gasteiger partial charge >= 0.3 is 0 Å². The normalized spacial score (nSPS) is 18.3. The van der Waals surface area contributed by atoms with Crippen LogP contribution < -0.4 is 16.0 Å². The molecule has 0 aromatic carbocycles. The van der Waals surface area contributed by atoms with E-state index in [0.29, 0.717) is 18.7 Å². The highest BCUT2D eigenvalue weighted by atomic mass is 16.5. The first-order chi connectivity index (χ1) is 18.3. The molecule has 3 aromatic rings. The lowest BCUT2D eigenvalue weighted by Crippen LogP contribution is -2.45. The van der Waals surface area contributed by atoms with Crippen molar-refractivity contribution in [1.29, 1.82) is 5.26 Å². The monoisotopic (exact) mass is 512 g/mol. The third kappa shape index (κ3) is 7.11. The molecule has 3 N–H and O–H groups in total. The minimum absolute atomic E-state index is 0.00156. The fourth-order valence-corrected chi connectivity index (χ4v) is 4.36. The van der Waals surface area contributed by atoms with Crippen LogP contribution in [0.3, 0.4) is 0 Å². The van der Waals surface area contributed by atoms with Crippen LogP contribution in [0.4, 0.5) is 5.82 Å². The topological polar surface area (TPSA) is 142 Å². The van der Waals surface area contributed by atoms with Crippen LogP contribution in [0.15, 0.2) is 59.4 Å². The van der Waals surface area contributed by atoms with E-state index in [1.165, 1.54) is 0 Å². The first kappa shape index (κ1) is 26.7. The van der Waals surface area contributed by atoms with Gasteiger partial charge in [-0.05, 0) is 57.2 Å². The lowest BCUT2D eigenvalue weighted by molar-refractivity contribution is -0.117. The van der Waals surface area contributed by atoms with Gasteiger partial charge in [0.25, 0.3) is 5.91 Å². The third-order valence-electron chi connectivity index (χ3n) is 5.96. The number of nitriles is 1. The second-order valence-corrected chi connectivity index (χ2v) is 9.38. The van der Waals surface area contributed by atoms with Crippen LogP contribution in [0.25, 0.3) is 22.3 Å². The zero-order valence-electron chi connectivity index (χ0n) is 21.9. The van der Waals surface area contributed by atoms with Crippen LogP contribution in [-0.2, 0) is 16.0 Å². The number of carbonyl (C=O) groups is 1. The number of anilines is 1. The number of hydrogen-bond acceptors (Lipinski definition) is 8. The Bertz CT molecular complexity index is 1400. The highest BCUT2D eigenvalue weighted by Crippen LogP contribution is 2.24. The van der Waals surface area contributed by atoms with E-state index in [2.05, 4.69) is 40.1 Å². The van der Waals surface area contributed by atoms with Crippen molar-refractivity contribution in [2.75, 3.05) is 24.5 Å². The van der Waals surface area contributed by atoms with E-state index >= 15 is 0 Å². The van der Waals surface area contributed by atoms with Gasteiger partial charge in [0, 0.05) is 36.9 Å². The molecule has 0 radical (unpaired) electrons. The minimum Gasteiger partial charge on any atom is -0.387 e. The average molecular weight is 513 g/mol. The molecule has 196 valence electrons. The Labute approximate surface area is 222 Å². The molecule has 1 saturated heterocycles. The van der Waals surface area contributed by atoms with Gasteiger partial charge in [-0.3, -0.25) is 9.78 Å². The Morgan fingerprint density at radius 3 is 2.76 bits per heavy atom. The van der Waals surface area contributed by atoms with Crippen molar-refractivity contribution in [3.8, 4) is 17.5 Å². The summed E-state index contributed by atoms with van der Waals surface area (Å²) in [6.07, 6.45) is 3.92. The summed E-state index contributed by atoms with van der Waals surface area (Å²) in [7, 11) is 0. The predicted octanol–water partition coefficient (Wildman–Crippen LogP) is 3.14. The fourth-order valence-electron chi connectivity index (χ4n) is 4.36. The fraction of sp³-hybridized carbons (Fsp3) is 0.357. The van der Waals surface area contributed by atoms with Crippen LogP contribution in [0.1, 0.15) is 32.9 Å². The number of pyridine rings is 3. The van der Waals surface area contributed by atoms with Crippen molar-refractivity contribution in [3.05, 3.63) is 60.1 Å². The SMILES string of the molecule is C/C(=C/C(N)=NC(=O)Cc1cc2nc(-c3cccc(N4CC(C)OC(C)C4)n3)ccc2cn1)NCCC#N. The van der Waals surface area contributed by atoms with E-state index in [0.717, 1.165) is 46.9 Å². The summed E-state index contributed by atoms with van der Waals surface area (Å²) in [4.78, 5) is 32.7. The van der Waals surface area contributed by atoms with Gasteiger partial charge in [-0.2, -0.15) is 10.3 Å². The number of rotatable bonds is 8. The summed E-state index contributed by atoms with van der Waals surface area (Å²) in [5, 5.41) is 12.5. The van der Waals surface area contributed by atoms with Crippen molar-refractivity contribution in [1.82, 2.24) is 20.3 Å². The Morgan fingerprint density at radius 2 is 2.00 bits per heavy atom. The second kappa shape index (κ2) is 12.3. The lowest BCUT2D eigenvalue weighted by atomic mass is 10.1. The molecule has 0 bridgehead atoms. The molecule has 3 aromatic heterocycles. The van der Waals surface area contributed by atoms with Crippen LogP contribution in [0.5, 0.6) is 0 Å². The number of amides is 1. The van der Waals surface area contributed by atoms with Crippen molar-refractivity contribution in [2.24, 2.45) is 10.7 Å². The van der Waals surface area contributed by atoms with Crippen LogP contribution >= 0.6 is 0 Å². The van der Waals surface area contributed by atoms with E-state index in [1.807, 2.05) is 30.3 Å². The summed E-state index contributed by atoms with van der Waals surface area (Å²) in [5.41, 5.74) is 9.39. The number of nitrogens with one attached hydrogen (secondary N) is 1. The summed E-state index contributed by atoms with van der Waals surface area (Å²) in [6.45, 7) is 8.01. The van der Waals surface area contributed by atoms with Crippen molar-refractivity contribution in [2.45, 2.75) is 45.8 Å². The summed E-state index contributed by atoms with van der Waals surface area (Å²) in [6, 6.07) is 13.7. The van der Waals surface area contributed by atoms with Gasteiger partial charge in [0.15, 0.2) is 0 Å². The number of nitrogens with two attached hydrogens (primary N) is 1. The molecule has 4 rings (SSSR count). The Morgan fingerprint density at radius 1 is 1.24 bits per heavy atom. The molecule has 0 saturated carbocycles. The van der Waals surface area contributed by atoms with Gasteiger partial charge in [-0.15, -0.1) is 0 Å². The Kier molecular flexibility index (Phi) is 8.61. The number of hydrogen-bond donors (Lipinski definition) is 2. The molecule has 0 aliphatic carbocycles. The molecule has 38 heavy (non-hydrogen) atoms. The van der Waals surface area contributed by atoms with Crippen molar-refractivity contribution in [3.63, 3.8) is 0 Å². The number of nitrogens with zero attached hydrogens (tertiary/aromatic N) is 6. The van der Waals surface area contributed by atoms with Gasteiger partial charge < -0.3 is 20.7 Å². The molecule has 4 heterocycles. The van der Waals surface area contributed by atoms with E-state index in [-0.39, 0.29) is 24.5 Å². The molecule has 2 atom stereocenters. The molecule has 2 unspecified atom stereocenters. The highest BCUT2D eigenvalue weighted by Gasteiger charge is 2.23. The molecule has 10 heteroatoms. The maximum absolute atomic E-state index is 12.5. The third-order valence-corrected chi connectivity index (χ3v) is 5.96. The number of fused-ring (bicyclic) bond motifs is 1. The maximum Gasteiger partial charge on any atom is 0.253 e. The zero-order chi connectivity index (χ0) is 27.1. The Balaban J connectivity index is 1.49. The predicted molar refractivity (Wildman–Crippen MR) is 147 cm³/mol. The largest absolute Gasteiger partial charge is 0.387 e. The van der Waals surface area contributed by atoms with Crippen molar-refractivity contribution < 1.29 is 9.53 Å². The molecule has 1 aliphatic heterocycles. The summed E-state index contributed by atoms with van der Waals surface area (Å²) < 4.78 is 5.85. The van der Waals surface area contributed by atoms with Gasteiger partial charge in [0.1, 0.15) is 11.7 Å². The smallest absolute Gasteiger partial charge is 0.253 e. The van der Waals surface area contributed by atoms with Crippen LogP contribution in [0, 0.1) is 11.3 Å². The lowest BCUT2D eigenvalue weighted by Gasteiger charge is -2.36. The molecular formula is C28H32N8O2. The quantitative estimate of drug-likeness (QED) is 0.264. The number of amidine groups is 1. The maximum atomic E-state index is 12.5. The first-order valence-corrected chi connectivity index (χ1v) is 12.6. The van der Waals surface area contributed by atoms with Crippen LogP contribution in [0.2, 0.25) is 0 Å². The first-order valence-electron chi connectivity index (χ1n) is 12.6. The minimum atomic E-state index is -0.407. The average Bonchev–Trinajstić information content (AvgIpc) is 2.87. The Hall–Kier alpha value is -4.36. The van der Waals surface area contributed by atoms with Gasteiger partial charge in [-0.25, -0.2) is 9.97 Å². The summed E-state index contributed by atoms with van der Waals surface area (Å²) in [5.74, 6) is 0.579. The van der Waals surface area contributed by atoms with Gasteiger partial charge in [0.05, 0.1) is 53.7 Å². The zero-order valence-corrected chi connectivity index (χ0v) is 21.9. The summed E-state index contributed by atoms with van der Waals surface area (Å²) >= 11 is 0. The number of carbonyl (C=O) groups excluding carboxylic acids is 1. The van der Waals surface area contributed by atoms with Crippen LogP contribution in [-0.4, -0.2) is 58.5 Å². The van der Waals surface area contributed by atoms with E-state index in [9.17, 15) is 4.79 Å². The van der Waals surface area contributed by atoms with Gasteiger partial charge in [-0.1, -0.05) is 6.07 Å². The molecule has 1 amide bonds. The number of morpholine rings is 1. The number of allylic oxidation sites excluding steroid dienone is 1. The molecule has 1 fully saturated rings. The molecule has 10 nitrogen and oxygen atoms in total. The van der Waals surface area contributed by atoms with E-state index in [4.69, 9.17) is 25.7 Å². The number of aromatic nitrogens is 3. The number of aliphatic imine (C=N–C) groups is 1. The van der Waals surface area contributed by atoms with E-state index in [1.54, 1.807) is 25.3 Å². The molecular weight excluding hydrogens is 480 g/mol. The van der Waals surface area contributed by atoms with E-state index < -0.39 is 5.91 Å². The van der Waals surface area contributed by atoms with Crippen molar-refractivity contribution >= 4 is 28.5 Å². The second-order valence-electron chi connectivity index (χ2n) is 9.38. The standard InChI is InChI=1S/C28H32N8O2/c1-18(31-11-5-10-29)12-26(30)35-28(37)14-22-13-25-21(15-32-22)8-9-24(33-25)23-6-4-7-27(34-23)36-16-19(2)38-20(3)17-36/h4,6-9,12-13,15,19-20,31H,5,11,14,16-17H2,1-3H3,(H2,30,35,37)/b18-12-. The molecule has 1 aliphatic rings. The van der Waals surface area contributed by atoms with Gasteiger partial charge in [0.2, 0.25) is 0 Å². The highest BCUT2D eigenvalue weighted by molar-refractivity contribution is 6.00.